The number of benzene rings is 2. The average Bonchev–Trinajstić information content (AvgIpc) is 3.33. The summed E-state index contributed by atoms with van der Waals surface area (Å²) in [7, 11) is -3.53. The Morgan fingerprint density at radius 3 is 2.33 bits per heavy atom. The summed E-state index contributed by atoms with van der Waals surface area (Å²) in [4.78, 5) is 19.8. The maximum Gasteiger partial charge on any atom is 0.573 e. The van der Waals surface area contributed by atoms with Gasteiger partial charge < -0.3 is 19.2 Å². The summed E-state index contributed by atoms with van der Waals surface area (Å²) in [5.41, 5.74) is 1.35. The van der Waals surface area contributed by atoms with Crippen LogP contribution < -0.4 is 14.2 Å². The zero-order chi connectivity index (χ0) is 27.6. The van der Waals surface area contributed by atoms with Crippen molar-refractivity contribution >= 4 is 20.9 Å². The highest BCUT2D eigenvalue weighted by Gasteiger charge is 2.32. The van der Waals surface area contributed by atoms with E-state index in [1.165, 1.54) is 74.2 Å². The van der Waals surface area contributed by atoms with Gasteiger partial charge in [-0.25, -0.2) is 23.4 Å². The number of aromatic nitrogens is 5. The van der Waals surface area contributed by atoms with Gasteiger partial charge in [0.25, 0.3) is 0 Å². The Hall–Kier alpha value is -4.72. The number of ether oxygens (including phenoxy) is 3. The summed E-state index contributed by atoms with van der Waals surface area (Å²) in [6, 6.07) is 11.0. The summed E-state index contributed by atoms with van der Waals surface area (Å²) in [5, 5.41) is -0.121. The number of nitrogens with one attached hydrogen (secondary N) is 1. The molecule has 3 heterocycles. The summed E-state index contributed by atoms with van der Waals surface area (Å²) >= 11 is 0. The third kappa shape index (κ3) is 5.90. The summed E-state index contributed by atoms with van der Waals surface area (Å²) in [6.45, 7) is 1.50. The van der Waals surface area contributed by atoms with Gasteiger partial charge in [-0.1, -0.05) is 19.1 Å². The van der Waals surface area contributed by atoms with Crippen molar-refractivity contribution in [1.29, 1.82) is 0 Å². The molecule has 5 aromatic rings. The van der Waals surface area contributed by atoms with E-state index in [4.69, 9.17) is 9.47 Å². The maximum absolute atomic E-state index is 13.0. The highest BCUT2D eigenvalue weighted by atomic mass is 32.2. The number of aromatic amines is 1. The Bertz CT molecular complexity index is 1730. The number of alkyl halides is 3. The zero-order valence-electron chi connectivity index (χ0n) is 20.0. The molecule has 2 aromatic carbocycles. The average molecular weight is 558 g/mol. The number of sulfone groups is 1. The fourth-order valence-corrected chi connectivity index (χ4v) is 4.25. The molecule has 0 fully saturated rings. The van der Waals surface area contributed by atoms with E-state index in [1.807, 2.05) is 0 Å². The third-order valence-electron chi connectivity index (χ3n) is 5.28. The molecule has 0 aliphatic carbocycles. The van der Waals surface area contributed by atoms with Gasteiger partial charge in [0.05, 0.1) is 29.2 Å². The molecule has 0 unspecified atom stereocenters. The van der Waals surface area contributed by atoms with Gasteiger partial charge in [-0.05, 0) is 24.3 Å². The molecule has 0 amide bonds. The van der Waals surface area contributed by atoms with Crippen LogP contribution in [-0.2, 0) is 9.84 Å². The Morgan fingerprint density at radius 2 is 1.67 bits per heavy atom. The molecule has 0 atom stereocenters. The smallest absolute Gasteiger partial charge is 0.452 e. The van der Waals surface area contributed by atoms with E-state index in [2.05, 4.69) is 29.7 Å². The van der Waals surface area contributed by atoms with Gasteiger partial charge >= 0.3 is 6.36 Å². The fraction of sp³-hybridized carbons (Fsp3) is 0.120. The molecule has 0 radical (unpaired) electrons. The molecular weight excluding hydrogens is 539 g/mol. The van der Waals surface area contributed by atoms with Crippen molar-refractivity contribution < 1.29 is 35.8 Å². The van der Waals surface area contributed by atoms with Crippen molar-refractivity contribution in [2.75, 3.05) is 5.75 Å². The molecule has 0 saturated heterocycles. The monoisotopic (exact) mass is 557 g/mol. The van der Waals surface area contributed by atoms with Crippen molar-refractivity contribution in [1.82, 2.24) is 24.9 Å². The molecule has 0 aliphatic heterocycles. The molecule has 14 heteroatoms. The van der Waals surface area contributed by atoms with Gasteiger partial charge in [0.15, 0.2) is 43.7 Å². The first-order valence-corrected chi connectivity index (χ1v) is 13.0. The Balaban J connectivity index is 1.56. The minimum atomic E-state index is -4.94. The van der Waals surface area contributed by atoms with Crippen LogP contribution in [0.25, 0.3) is 22.6 Å². The molecule has 3 aromatic heterocycles. The predicted molar refractivity (Wildman–Crippen MR) is 132 cm³/mol. The van der Waals surface area contributed by atoms with Crippen molar-refractivity contribution in [3.63, 3.8) is 0 Å². The first-order chi connectivity index (χ1) is 18.6. The fourth-order valence-electron chi connectivity index (χ4n) is 3.47. The van der Waals surface area contributed by atoms with Gasteiger partial charge in [0.2, 0.25) is 0 Å². The molecular formula is C25H18F3N5O5S. The van der Waals surface area contributed by atoms with Crippen LogP contribution in [0.4, 0.5) is 13.2 Å². The molecule has 10 nitrogen and oxygen atoms in total. The Morgan fingerprint density at radius 1 is 0.897 bits per heavy atom. The summed E-state index contributed by atoms with van der Waals surface area (Å²) in [6.07, 6.45) is 0.793. The SMILES string of the molecule is CCS(=O)(=O)c1ccc(Oc2cc3[nH]c(-c4cnccn4)nc3cc2Oc2ccccc2OC(F)(F)F)cn1. The molecule has 200 valence electrons. The van der Waals surface area contributed by atoms with E-state index < -0.39 is 21.9 Å². The van der Waals surface area contributed by atoms with Gasteiger partial charge in [-0.15, -0.1) is 13.2 Å². The number of hydrogen-bond acceptors (Lipinski definition) is 9. The van der Waals surface area contributed by atoms with E-state index in [1.54, 1.807) is 0 Å². The quantitative estimate of drug-likeness (QED) is 0.256. The number of hydrogen-bond donors (Lipinski definition) is 1. The van der Waals surface area contributed by atoms with Gasteiger partial charge in [-0.3, -0.25) is 4.98 Å². The number of pyridine rings is 1. The van der Waals surface area contributed by atoms with Crippen LogP contribution >= 0.6 is 0 Å². The number of fused-ring (bicyclic) bond motifs is 1. The Kier molecular flexibility index (Phi) is 6.78. The number of para-hydroxylation sites is 2. The second-order valence-electron chi connectivity index (χ2n) is 7.93. The zero-order valence-corrected chi connectivity index (χ0v) is 20.8. The van der Waals surface area contributed by atoms with Crippen LogP contribution in [0.1, 0.15) is 6.92 Å². The lowest BCUT2D eigenvalue weighted by Crippen LogP contribution is -2.17. The minimum Gasteiger partial charge on any atom is -0.452 e. The van der Waals surface area contributed by atoms with Crippen molar-refractivity contribution in [2.24, 2.45) is 0 Å². The number of H-pyrrole nitrogens is 1. The van der Waals surface area contributed by atoms with E-state index in [-0.39, 0.29) is 33.8 Å². The van der Waals surface area contributed by atoms with Crippen molar-refractivity contribution in [3.05, 3.63) is 73.3 Å². The molecule has 0 saturated carbocycles. The first-order valence-electron chi connectivity index (χ1n) is 11.3. The topological polar surface area (TPSA) is 129 Å². The van der Waals surface area contributed by atoms with Crippen LogP contribution in [0.15, 0.2) is 78.3 Å². The highest BCUT2D eigenvalue weighted by Crippen LogP contribution is 2.41. The van der Waals surface area contributed by atoms with Crippen LogP contribution in [0.3, 0.4) is 0 Å². The van der Waals surface area contributed by atoms with E-state index >= 15 is 0 Å². The maximum atomic E-state index is 13.0. The lowest BCUT2D eigenvalue weighted by atomic mass is 10.2. The minimum absolute atomic E-state index is 0.00294. The molecule has 0 aliphatic rings. The largest absolute Gasteiger partial charge is 0.573 e. The second kappa shape index (κ2) is 10.2. The number of nitrogens with zero attached hydrogens (tertiary/aromatic N) is 4. The molecule has 1 N–H and O–H groups in total. The number of rotatable bonds is 8. The van der Waals surface area contributed by atoms with Gasteiger partial charge in [0.1, 0.15) is 11.4 Å². The van der Waals surface area contributed by atoms with E-state index in [0.29, 0.717) is 22.6 Å². The van der Waals surface area contributed by atoms with E-state index in [9.17, 15) is 21.6 Å². The normalized spacial score (nSPS) is 11.9. The van der Waals surface area contributed by atoms with E-state index in [0.717, 1.165) is 6.07 Å². The lowest BCUT2D eigenvalue weighted by Gasteiger charge is -2.16. The predicted octanol–water partition coefficient (Wildman–Crippen LogP) is 5.69. The second-order valence-corrected chi connectivity index (χ2v) is 10.2. The van der Waals surface area contributed by atoms with Gasteiger partial charge in [0, 0.05) is 24.5 Å². The Labute approximate surface area is 219 Å². The van der Waals surface area contributed by atoms with Crippen molar-refractivity contribution in [3.8, 4) is 40.3 Å². The highest BCUT2D eigenvalue weighted by molar-refractivity contribution is 7.91. The molecule has 5 rings (SSSR count). The van der Waals surface area contributed by atoms with Crippen LogP contribution in [-0.4, -0.2) is 45.5 Å². The summed E-state index contributed by atoms with van der Waals surface area (Å²) < 4.78 is 78.9. The third-order valence-corrected chi connectivity index (χ3v) is 6.92. The van der Waals surface area contributed by atoms with Crippen LogP contribution in [0.5, 0.6) is 28.7 Å². The lowest BCUT2D eigenvalue weighted by molar-refractivity contribution is -0.275. The van der Waals surface area contributed by atoms with Crippen LogP contribution in [0, 0.1) is 0 Å². The number of imidazole rings is 1. The van der Waals surface area contributed by atoms with Crippen molar-refractivity contribution in [2.45, 2.75) is 18.3 Å². The molecule has 39 heavy (non-hydrogen) atoms. The van der Waals surface area contributed by atoms with Gasteiger partial charge in [-0.2, -0.15) is 0 Å². The molecule has 0 bridgehead atoms. The molecule has 0 spiro atoms. The first kappa shape index (κ1) is 25.9. The number of halogens is 3. The standard InChI is InChI=1S/C25H18F3N5O5S/c1-2-39(34,35)23-8-7-15(13-31-23)36-21-11-16-17(33-24(32-16)18-14-29-9-10-30-18)12-22(21)37-19-5-3-4-6-20(19)38-25(26,27)28/h3-14H,2H2,1H3,(H,32,33). The summed E-state index contributed by atoms with van der Waals surface area (Å²) in [5.74, 6) is -0.294. The van der Waals surface area contributed by atoms with Crippen LogP contribution in [0.2, 0.25) is 0 Å².